The summed E-state index contributed by atoms with van der Waals surface area (Å²) < 4.78 is 0. The molecule has 0 aliphatic rings. The molecule has 2 amide bonds. The predicted octanol–water partition coefficient (Wildman–Crippen LogP) is 0.667. The van der Waals surface area contributed by atoms with Crippen LogP contribution < -0.4 is 22.9 Å². The number of anilines is 2. The van der Waals surface area contributed by atoms with Crippen LogP contribution in [0.25, 0.3) is 0 Å². The minimum atomic E-state index is -1.18. The molecule has 0 fully saturated rings. The molecule has 2 aromatic carbocycles. The van der Waals surface area contributed by atoms with Crippen molar-refractivity contribution in [2.24, 2.45) is 11.5 Å². The number of carboxylic acids is 2. The molecule has 0 spiro atoms. The molecule has 0 bridgehead atoms. The van der Waals surface area contributed by atoms with Crippen LogP contribution in [-0.2, 0) is 25.6 Å². The highest BCUT2D eigenvalue weighted by atomic mass is 16.4. The molecule has 0 radical (unpaired) electrons. The molecule has 2 rings (SSSR count). The Bertz CT molecular complexity index is 826. The number of hydrogen-bond donors (Lipinski definition) is 6. The van der Waals surface area contributed by atoms with Gasteiger partial charge in [-0.1, -0.05) is 24.3 Å². The number of aliphatic carboxylic acids is 2. The first kappa shape index (κ1) is 26.4. The molecule has 0 aliphatic carbocycles. The van der Waals surface area contributed by atoms with Crippen LogP contribution in [0.5, 0.6) is 0 Å². The van der Waals surface area contributed by atoms with E-state index in [1.807, 2.05) is 48.5 Å². The molecule has 0 saturated heterocycles. The summed E-state index contributed by atoms with van der Waals surface area (Å²) in [7, 11) is 0. The van der Waals surface area contributed by atoms with Crippen LogP contribution in [0.4, 0.5) is 11.4 Å². The van der Waals surface area contributed by atoms with E-state index >= 15 is 0 Å². The van der Waals surface area contributed by atoms with Crippen molar-refractivity contribution in [1.29, 1.82) is 0 Å². The van der Waals surface area contributed by atoms with Crippen molar-refractivity contribution in [3.05, 3.63) is 84.0 Å². The lowest BCUT2D eigenvalue weighted by Crippen LogP contribution is -2.06. The van der Waals surface area contributed by atoms with E-state index in [4.69, 9.17) is 21.7 Å². The Morgan fingerprint density at radius 2 is 0.903 bits per heavy atom. The lowest BCUT2D eigenvalue weighted by Gasteiger charge is -2.02. The van der Waals surface area contributed by atoms with Crippen LogP contribution in [0.2, 0.25) is 0 Å². The molecule has 10 N–H and O–H groups in total. The summed E-state index contributed by atoms with van der Waals surface area (Å²) in [6.07, 6.45) is 3.84. The van der Waals surface area contributed by atoms with E-state index in [1.54, 1.807) is 0 Å². The number of rotatable bonds is 6. The number of carbonyl (C=O) groups excluding carboxylic acids is 2. The van der Waals surface area contributed by atoms with Crippen LogP contribution in [0.3, 0.4) is 0 Å². The number of amides is 2. The Kier molecular flexibility index (Phi) is 12.3. The van der Waals surface area contributed by atoms with Crippen molar-refractivity contribution in [2.75, 3.05) is 11.5 Å². The first-order valence-electron chi connectivity index (χ1n) is 8.59. The number of carbonyl (C=O) groups is 4. The van der Waals surface area contributed by atoms with E-state index < -0.39 is 23.8 Å². The van der Waals surface area contributed by atoms with Crippen LogP contribution >= 0.6 is 0 Å². The predicted molar refractivity (Wildman–Crippen MR) is 116 cm³/mol. The Morgan fingerprint density at radius 1 is 0.613 bits per heavy atom. The Hall–Kier alpha value is -4.60. The fourth-order valence-corrected chi connectivity index (χ4v) is 1.81. The molecule has 0 aromatic heterocycles. The Morgan fingerprint density at radius 3 is 1.10 bits per heavy atom. The van der Waals surface area contributed by atoms with Gasteiger partial charge >= 0.3 is 11.9 Å². The SMILES string of the molecule is NC(=O)/C=C\C(=O)O.NC(=O)/C=C\C(=O)O.Nc1ccc(Cc2ccc(N)cc2)cc1. The summed E-state index contributed by atoms with van der Waals surface area (Å²) in [5.74, 6) is -3.87. The normalized spacial score (nSPS) is 9.81. The van der Waals surface area contributed by atoms with Crippen molar-refractivity contribution >= 4 is 35.1 Å². The van der Waals surface area contributed by atoms with Crippen LogP contribution in [0.15, 0.2) is 72.8 Å². The average molecular weight is 428 g/mol. The molecule has 0 aliphatic heterocycles. The largest absolute Gasteiger partial charge is 0.478 e. The van der Waals surface area contributed by atoms with Gasteiger partial charge in [0.15, 0.2) is 0 Å². The Labute approximate surface area is 178 Å². The molecular formula is C21H24N4O6. The number of primary amides is 2. The monoisotopic (exact) mass is 428 g/mol. The second kappa shape index (κ2) is 14.4. The van der Waals surface area contributed by atoms with Gasteiger partial charge in [0.25, 0.3) is 0 Å². The molecule has 0 saturated carbocycles. The van der Waals surface area contributed by atoms with Gasteiger partial charge in [0.1, 0.15) is 0 Å². The van der Waals surface area contributed by atoms with Crippen molar-refractivity contribution in [2.45, 2.75) is 6.42 Å². The number of hydrogen-bond acceptors (Lipinski definition) is 6. The minimum Gasteiger partial charge on any atom is -0.478 e. The highest BCUT2D eigenvalue weighted by molar-refractivity contribution is 5.93. The summed E-state index contributed by atoms with van der Waals surface area (Å²) in [6, 6.07) is 15.9. The molecule has 10 nitrogen and oxygen atoms in total. The zero-order valence-corrected chi connectivity index (χ0v) is 16.5. The summed E-state index contributed by atoms with van der Waals surface area (Å²) >= 11 is 0. The van der Waals surface area contributed by atoms with Crippen LogP contribution in [-0.4, -0.2) is 34.0 Å². The third-order valence-electron chi connectivity index (χ3n) is 3.15. The molecule has 31 heavy (non-hydrogen) atoms. The number of nitrogens with two attached hydrogens (primary N) is 4. The topological polar surface area (TPSA) is 213 Å². The molecule has 2 aromatic rings. The van der Waals surface area contributed by atoms with Gasteiger partial charge in [0.2, 0.25) is 11.8 Å². The number of nitrogen functional groups attached to an aromatic ring is 2. The van der Waals surface area contributed by atoms with Gasteiger partial charge in [0, 0.05) is 35.7 Å². The second-order valence-corrected chi connectivity index (χ2v) is 5.81. The zero-order chi connectivity index (χ0) is 23.8. The van der Waals surface area contributed by atoms with Gasteiger partial charge in [0.05, 0.1) is 0 Å². The second-order valence-electron chi connectivity index (χ2n) is 5.81. The number of carboxylic acid groups (broad SMARTS) is 2. The smallest absolute Gasteiger partial charge is 0.328 e. The fraction of sp³-hybridized carbons (Fsp3) is 0.0476. The Balaban J connectivity index is 0.000000483. The van der Waals surface area contributed by atoms with Gasteiger partial charge in [-0.15, -0.1) is 0 Å². The van der Waals surface area contributed by atoms with E-state index in [0.29, 0.717) is 12.2 Å². The van der Waals surface area contributed by atoms with E-state index in [0.717, 1.165) is 29.9 Å². The maximum atomic E-state index is 9.78. The first-order valence-corrected chi connectivity index (χ1v) is 8.59. The van der Waals surface area contributed by atoms with Crippen molar-refractivity contribution in [3.8, 4) is 0 Å². The maximum absolute atomic E-state index is 9.78. The van der Waals surface area contributed by atoms with Crippen molar-refractivity contribution < 1.29 is 29.4 Å². The molecule has 10 heteroatoms. The first-order chi connectivity index (χ1) is 14.5. The van der Waals surface area contributed by atoms with Crippen LogP contribution in [0.1, 0.15) is 11.1 Å². The molecule has 0 unspecified atom stereocenters. The average Bonchev–Trinajstić information content (AvgIpc) is 2.69. The van der Waals surface area contributed by atoms with Gasteiger partial charge in [-0.05, 0) is 41.8 Å². The fourth-order valence-electron chi connectivity index (χ4n) is 1.81. The van der Waals surface area contributed by atoms with Gasteiger partial charge < -0.3 is 33.1 Å². The minimum absolute atomic E-state index is 0.683. The lowest BCUT2D eigenvalue weighted by atomic mass is 10.0. The summed E-state index contributed by atoms with van der Waals surface area (Å²) in [5, 5.41) is 15.7. The lowest BCUT2D eigenvalue weighted by molar-refractivity contribution is -0.132. The summed E-state index contributed by atoms with van der Waals surface area (Å²) in [4.78, 5) is 38.8. The van der Waals surface area contributed by atoms with Gasteiger partial charge in [-0.25, -0.2) is 9.59 Å². The highest BCUT2D eigenvalue weighted by Crippen LogP contribution is 2.13. The molecule has 0 atom stereocenters. The standard InChI is InChI=1S/C13H14N2.2C4H5NO3/c14-12-5-1-10(2-6-12)9-11-3-7-13(15)8-4-11;2*5-3(6)1-2-4(7)8/h1-8H,9,14-15H2;2*1-2H,(H2,5,6)(H,7,8)/b;2*2-1-. The van der Waals surface area contributed by atoms with E-state index in [2.05, 4.69) is 11.5 Å². The zero-order valence-electron chi connectivity index (χ0n) is 16.5. The van der Waals surface area contributed by atoms with Crippen molar-refractivity contribution in [3.63, 3.8) is 0 Å². The third kappa shape index (κ3) is 16.1. The third-order valence-corrected chi connectivity index (χ3v) is 3.15. The van der Waals surface area contributed by atoms with Crippen LogP contribution in [0, 0.1) is 0 Å². The molecule has 164 valence electrons. The maximum Gasteiger partial charge on any atom is 0.328 e. The summed E-state index contributed by atoms with van der Waals surface area (Å²) in [6.45, 7) is 0. The van der Waals surface area contributed by atoms with E-state index in [9.17, 15) is 19.2 Å². The van der Waals surface area contributed by atoms with E-state index in [1.165, 1.54) is 11.1 Å². The summed E-state index contributed by atoms with van der Waals surface area (Å²) in [5.41, 5.74) is 24.5. The highest BCUT2D eigenvalue weighted by Gasteiger charge is 1.96. The van der Waals surface area contributed by atoms with Gasteiger partial charge in [-0.2, -0.15) is 0 Å². The number of benzene rings is 2. The molecular weight excluding hydrogens is 404 g/mol. The quantitative estimate of drug-likeness (QED) is 0.283. The molecule has 0 heterocycles. The van der Waals surface area contributed by atoms with Gasteiger partial charge in [-0.3, -0.25) is 9.59 Å². The van der Waals surface area contributed by atoms with Crippen molar-refractivity contribution in [1.82, 2.24) is 0 Å². The van der Waals surface area contributed by atoms with E-state index in [-0.39, 0.29) is 0 Å².